The van der Waals surface area contributed by atoms with Gasteiger partial charge < -0.3 is 14.4 Å². The molecule has 0 saturated carbocycles. The number of hydrogen-bond donors (Lipinski definition) is 1. The van der Waals surface area contributed by atoms with Gasteiger partial charge in [0.15, 0.2) is 0 Å². The van der Waals surface area contributed by atoms with Crippen molar-refractivity contribution in [1.29, 1.82) is 0 Å². The van der Waals surface area contributed by atoms with Crippen molar-refractivity contribution in [1.82, 2.24) is 15.1 Å². The normalized spacial score (nSPS) is 16.6. The second-order valence-electron chi connectivity index (χ2n) is 8.76. The molecule has 2 aliphatic heterocycles. The van der Waals surface area contributed by atoms with Crippen LogP contribution in [0.1, 0.15) is 40.4 Å². The minimum absolute atomic E-state index is 0.00928. The molecule has 1 fully saturated rings. The molecule has 0 bridgehead atoms. The summed E-state index contributed by atoms with van der Waals surface area (Å²) in [5, 5.41) is 2.30. The molecule has 2 aliphatic rings. The maximum absolute atomic E-state index is 14.8. The summed E-state index contributed by atoms with van der Waals surface area (Å²) in [6, 6.07) is 10.3. The average Bonchev–Trinajstić information content (AvgIpc) is 3.20. The number of nitrogens with one attached hydrogen (secondary N) is 1. The number of carbonyl (C=O) groups excluding carboxylic acids is 3. The molecule has 2 aromatic rings. The van der Waals surface area contributed by atoms with E-state index in [1.807, 2.05) is 6.07 Å². The molecular formula is C25H29BFN3O5. The van der Waals surface area contributed by atoms with E-state index >= 15 is 0 Å². The number of morpholine rings is 1. The second kappa shape index (κ2) is 11.0. The van der Waals surface area contributed by atoms with Gasteiger partial charge in [-0.2, -0.15) is 0 Å². The molecular weight excluding hydrogens is 452 g/mol. The number of carbonyl (C=O) groups is 3. The number of amides is 3. The van der Waals surface area contributed by atoms with Crippen LogP contribution in [0.5, 0.6) is 5.75 Å². The van der Waals surface area contributed by atoms with E-state index in [1.54, 1.807) is 39.0 Å². The Morgan fingerprint density at radius 2 is 2.00 bits per heavy atom. The highest BCUT2D eigenvalue weighted by Crippen LogP contribution is 2.32. The lowest BCUT2D eigenvalue weighted by atomic mass is 9.93. The smallest absolute Gasteiger partial charge is 0.254 e. The van der Waals surface area contributed by atoms with Crippen LogP contribution < -0.4 is 10.1 Å². The molecule has 0 aromatic heterocycles. The highest BCUT2D eigenvalue weighted by Gasteiger charge is 2.35. The summed E-state index contributed by atoms with van der Waals surface area (Å²) < 4.78 is 26.1. The fourth-order valence-electron chi connectivity index (χ4n) is 4.22. The fraction of sp³-hybridized carbons (Fsp3) is 0.400. The van der Waals surface area contributed by atoms with Crippen LogP contribution in [0.15, 0.2) is 36.4 Å². The summed E-state index contributed by atoms with van der Waals surface area (Å²) in [4.78, 5) is 40.5. The zero-order chi connectivity index (χ0) is 24.9. The topological polar surface area (TPSA) is 88.2 Å². The number of hydrogen-bond acceptors (Lipinski definition) is 6. The Balaban J connectivity index is 1.41. The van der Waals surface area contributed by atoms with Crippen LogP contribution in [0.3, 0.4) is 0 Å². The maximum Gasteiger partial charge on any atom is 0.254 e. The second-order valence-corrected chi connectivity index (χ2v) is 8.76. The summed E-state index contributed by atoms with van der Waals surface area (Å²) in [6.07, 6.45) is 0.176. The molecule has 2 aromatic carbocycles. The van der Waals surface area contributed by atoms with Crippen LogP contribution in [0.25, 0.3) is 0 Å². The molecule has 10 heteroatoms. The van der Waals surface area contributed by atoms with Gasteiger partial charge in [0.25, 0.3) is 5.91 Å². The van der Waals surface area contributed by atoms with E-state index < -0.39 is 17.8 Å². The summed E-state index contributed by atoms with van der Waals surface area (Å²) in [5.74, 6) is -1.93. The third-order valence-corrected chi connectivity index (χ3v) is 6.39. The van der Waals surface area contributed by atoms with Gasteiger partial charge in [-0.25, -0.2) is 4.39 Å². The van der Waals surface area contributed by atoms with Gasteiger partial charge in [-0.1, -0.05) is 25.1 Å². The molecule has 1 unspecified atom stereocenters. The van der Waals surface area contributed by atoms with Gasteiger partial charge in [-0.3, -0.25) is 24.6 Å². The molecule has 184 valence electrons. The Bertz CT molecular complexity index is 1120. The van der Waals surface area contributed by atoms with E-state index in [-0.39, 0.29) is 31.3 Å². The minimum Gasteiger partial charge on any atom is -0.488 e. The van der Waals surface area contributed by atoms with Crippen molar-refractivity contribution in [3.8, 4) is 5.75 Å². The zero-order valence-corrected chi connectivity index (χ0v) is 20.0. The van der Waals surface area contributed by atoms with Crippen molar-refractivity contribution >= 4 is 25.6 Å². The Labute approximate surface area is 204 Å². The first-order valence-electron chi connectivity index (χ1n) is 11.8. The molecule has 4 rings (SSSR count). The van der Waals surface area contributed by atoms with Crippen molar-refractivity contribution in [2.75, 3.05) is 26.3 Å². The van der Waals surface area contributed by atoms with E-state index in [4.69, 9.17) is 9.47 Å². The molecule has 0 spiro atoms. The van der Waals surface area contributed by atoms with Crippen molar-refractivity contribution in [3.63, 3.8) is 0 Å². The first-order chi connectivity index (χ1) is 16.9. The number of fused-ring (bicyclic) bond motifs is 1. The van der Waals surface area contributed by atoms with Crippen molar-refractivity contribution in [2.45, 2.75) is 39.0 Å². The van der Waals surface area contributed by atoms with E-state index in [2.05, 4.69) is 10.2 Å². The molecule has 1 N–H and O–H groups in total. The van der Waals surface area contributed by atoms with Crippen molar-refractivity contribution in [3.05, 3.63) is 64.5 Å². The Morgan fingerprint density at radius 1 is 1.23 bits per heavy atom. The minimum atomic E-state index is -0.824. The molecule has 0 aliphatic carbocycles. The van der Waals surface area contributed by atoms with Gasteiger partial charge in [-0.05, 0) is 23.8 Å². The third kappa shape index (κ3) is 5.71. The molecule has 8 nitrogen and oxygen atoms in total. The molecule has 2 heterocycles. The van der Waals surface area contributed by atoms with Crippen LogP contribution in [-0.4, -0.2) is 67.6 Å². The Morgan fingerprint density at radius 3 is 2.71 bits per heavy atom. The zero-order valence-electron chi connectivity index (χ0n) is 20.0. The average molecular weight is 481 g/mol. The lowest BCUT2D eigenvalue weighted by Crippen LogP contribution is -2.49. The molecule has 1 saturated heterocycles. The summed E-state index contributed by atoms with van der Waals surface area (Å²) in [5.41, 5.74) is 2.39. The number of nitrogens with zero attached hydrogens (tertiary/aromatic N) is 2. The number of halogens is 1. The number of rotatable bonds is 8. The van der Waals surface area contributed by atoms with Gasteiger partial charge >= 0.3 is 0 Å². The first-order valence-corrected chi connectivity index (χ1v) is 11.8. The predicted octanol–water partition coefficient (Wildman–Crippen LogP) is 1.20. The molecule has 35 heavy (non-hydrogen) atoms. The Hall–Kier alpha value is -3.24. The quantitative estimate of drug-likeness (QED) is 0.571. The Kier molecular flexibility index (Phi) is 7.82. The lowest BCUT2D eigenvalue weighted by Gasteiger charge is -2.26. The number of ether oxygens (including phenoxy) is 2. The third-order valence-electron chi connectivity index (χ3n) is 6.39. The SMILES string of the molecule is BC(C(=O)NC(=O)CC)N1Cc2c(OCc3ccc(CN4CCOCC4)cc3F)cccc2C1=O. The maximum atomic E-state index is 14.8. The first kappa shape index (κ1) is 24.9. The standard InChI is InChI=1S/C25H29BFN3O5/c1-2-22(31)28-24(32)23(26)30-14-19-18(25(30)33)4-3-5-21(19)35-15-17-7-6-16(12-20(17)27)13-29-8-10-34-11-9-29/h3-7,12,23H,2,8-11,13-15,26H2,1H3,(H,28,31,32). The summed E-state index contributed by atoms with van der Waals surface area (Å²) in [6.45, 7) is 5.53. The fourth-order valence-corrected chi connectivity index (χ4v) is 4.22. The predicted molar refractivity (Wildman–Crippen MR) is 129 cm³/mol. The van der Waals surface area contributed by atoms with Crippen LogP contribution in [0.2, 0.25) is 0 Å². The van der Waals surface area contributed by atoms with Gasteiger partial charge in [0.05, 0.1) is 25.7 Å². The van der Waals surface area contributed by atoms with Crippen LogP contribution >= 0.6 is 0 Å². The monoisotopic (exact) mass is 481 g/mol. The molecule has 0 radical (unpaired) electrons. The van der Waals surface area contributed by atoms with Gasteiger partial charge in [-0.15, -0.1) is 0 Å². The summed E-state index contributed by atoms with van der Waals surface area (Å²) >= 11 is 0. The van der Waals surface area contributed by atoms with E-state index in [9.17, 15) is 18.8 Å². The molecule has 3 amide bonds. The van der Waals surface area contributed by atoms with Gasteiger partial charge in [0, 0.05) is 42.7 Å². The largest absolute Gasteiger partial charge is 0.488 e. The lowest BCUT2D eigenvalue weighted by molar-refractivity contribution is -0.131. The summed E-state index contributed by atoms with van der Waals surface area (Å²) in [7, 11) is 1.58. The van der Waals surface area contributed by atoms with Crippen LogP contribution in [0.4, 0.5) is 4.39 Å². The number of benzene rings is 2. The highest BCUT2D eigenvalue weighted by atomic mass is 19.1. The van der Waals surface area contributed by atoms with Gasteiger partial charge in [0.1, 0.15) is 26.0 Å². The van der Waals surface area contributed by atoms with Crippen molar-refractivity contribution < 1.29 is 28.2 Å². The van der Waals surface area contributed by atoms with E-state index in [0.717, 1.165) is 18.7 Å². The van der Waals surface area contributed by atoms with E-state index in [0.29, 0.717) is 42.2 Å². The molecule has 1 atom stereocenters. The van der Waals surface area contributed by atoms with Crippen LogP contribution in [-0.2, 0) is 34.0 Å². The van der Waals surface area contributed by atoms with Crippen LogP contribution in [0, 0.1) is 5.82 Å². The number of imide groups is 1. The van der Waals surface area contributed by atoms with Crippen molar-refractivity contribution in [2.24, 2.45) is 0 Å². The van der Waals surface area contributed by atoms with E-state index in [1.165, 1.54) is 11.0 Å². The van der Waals surface area contributed by atoms with Gasteiger partial charge in [0.2, 0.25) is 11.8 Å². The highest BCUT2D eigenvalue weighted by molar-refractivity contribution is 6.27.